The van der Waals surface area contributed by atoms with Gasteiger partial charge in [-0.15, -0.1) is 11.3 Å². The predicted molar refractivity (Wildman–Crippen MR) is 100.0 cm³/mol. The number of nitrogens with one attached hydrogen (secondary N) is 1. The van der Waals surface area contributed by atoms with E-state index in [9.17, 15) is 4.79 Å². The van der Waals surface area contributed by atoms with Crippen LogP contribution < -0.4 is 10.1 Å². The van der Waals surface area contributed by atoms with E-state index in [4.69, 9.17) is 4.74 Å². The van der Waals surface area contributed by atoms with Crippen molar-refractivity contribution in [1.29, 1.82) is 0 Å². The van der Waals surface area contributed by atoms with E-state index in [0.717, 1.165) is 31.8 Å². The summed E-state index contributed by atoms with van der Waals surface area (Å²) in [5.74, 6) is 0.553. The van der Waals surface area contributed by atoms with E-state index in [1.54, 1.807) is 17.5 Å². The Balaban J connectivity index is 1.64. The molecule has 0 saturated heterocycles. The molecule has 2 aromatic carbocycles. The standard InChI is InChI=1S/C19H15N3O2S/c1-12(23)21-14-8-9-16(19-13(14)5-4-10-20-19)24-11-18-22-15-6-2-3-7-17(15)25-18/h2-10H,11H2,1H3,(H,21,23). The van der Waals surface area contributed by atoms with E-state index >= 15 is 0 Å². The minimum atomic E-state index is -0.117. The van der Waals surface area contributed by atoms with Gasteiger partial charge < -0.3 is 10.1 Å². The number of amides is 1. The molecule has 124 valence electrons. The predicted octanol–water partition coefficient (Wildman–Crippen LogP) is 4.38. The normalized spacial score (nSPS) is 10.9. The summed E-state index contributed by atoms with van der Waals surface area (Å²) < 4.78 is 7.11. The van der Waals surface area contributed by atoms with E-state index in [1.807, 2.05) is 42.5 Å². The van der Waals surface area contributed by atoms with Crippen molar-refractivity contribution >= 4 is 44.1 Å². The first-order valence-corrected chi connectivity index (χ1v) is 8.65. The Hall–Kier alpha value is -2.99. The van der Waals surface area contributed by atoms with Crippen LogP contribution in [0.4, 0.5) is 5.69 Å². The van der Waals surface area contributed by atoms with Crippen LogP contribution in [-0.2, 0) is 11.4 Å². The van der Waals surface area contributed by atoms with E-state index in [-0.39, 0.29) is 5.91 Å². The van der Waals surface area contributed by atoms with Crippen LogP contribution in [0.25, 0.3) is 21.1 Å². The van der Waals surface area contributed by atoms with Gasteiger partial charge in [0.15, 0.2) is 0 Å². The molecular weight excluding hydrogens is 334 g/mol. The summed E-state index contributed by atoms with van der Waals surface area (Å²) in [6, 6.07) is 15.4. The van der Waals surface area contributed by atoms with Gasteiger partial charge in [0.1, 0.15) is 22.9 Å². The second-order valence-corrected chi connectivity index (χ2v) is 6.67. The number of para-hydroxylation sites is 1. The molecule has 1 amide bonds. The summed E-state index contributed by atoms with van der Waals surface area (Å²) in [7, 11) is 0. The van der Waals surface area contributed by atoms with Gasteiger partial charge in [0.05, 0.1) is 15.9 Å². The molecule has 4 rings (SSSR count). The first kappa shape index (κ1) is 15.5. The Morgan fingerprint density at radius 2 is 2.04 bits per heavy atom. The molecular formula is C19H15N3O2S. The molecule has 0 spiro atoms. The molecule has 0 aliphatic heterocycles. The van der Waals surface area contributed by atoms with Crippen LogP contribution in [0, 0.1) is 0 Å². The van der Waals surface area contributed by atoms with Crippen LogP contribution in [0.2, 0.25) is 0 Å². The number of ether oxygens (including phenoxy) is 1. The van der Waals surface area contributed by atoms with Crippen molar-refractivity contribution in [2.45, 2.75) is 13.5 Å². The lowest BCUT2D eigenvalue weighted by molar-refractivity contribution is -0.114. The quantitative estimate of drug-likeness (QED) is 0.594. The third-order valence-corrected chi connectivity index (χ3v) is 4.74. The van der Waals surface area contributed by atoms with Gasteiger partial charge in [0.2, 0.25) is 5.91 Å². The van der Waals surface area contributed by atoms with Gasteiger partial charge in [0, 0.05) is 18.5 Å². The number of anilines is 1. The van der Waals surface area contributed by atoms with Gasteiger partial charge >= 0.3 is 0 Å². The minimum absolute atomic E-state index is 0.117. The number of fused-ring (bicyclic) bond motifs is 2. The summed E-state index contributed by atoms with van der Waals surface area (Å²) in [5.41, 5.74) is 2.42. The average molecular weight is 349 g/mol. The maximum atomic E-state index is 11.4. The molecule has 0 aliphatic carbocycles. The molecule has 0 bridgehead atoms. The van der Waals surface area contributed by atoms with Crippen LogP contribution in [0.1, 0.15) is 11.9 Å². The molecule has 25 heavy (non-hydrogen) atoms. The van der Waals surface area contributed by atoms with Crippen LogP contribution in [0.5, 0.6) is 5.75 Å². The molecule has 5 nitrogen and oxygen atoms in total. The zero-order valence-corrected chi connectivity index (χ0v) is 14.3. The Morgan fingerprint density at radius 1 is 1.16 bits per heavy atom. The van der Waals surface area contributed by atoms with E-state index in [0.29, 0.717) is 12.4 Å². The molecule has 0 atom stereocenters. The monoisotopic (exact) mass is 349 g/mol. The van der Waals surface area contributed by atoms with Gasteiger partial charge in [-0.25, -0.2) is 4.98 Å². The number of nitrogens with zero attached hydrogens (tertiary/aromatic N) is 2. The first-order chi connectivity index (χ1) is 12.2. The summed E-state index contributed by atoms with van der Waals surface area (Å²) in [4.78, 5) is 20.4. The summed E-state index contributed by atoms with van der Waals surface area (Å²) >= 11 is 1.62. The fourth-order valence-electron chi connectivity index (χ4n) is 2.68. The fraction of sp³-hybridized carbons (Fsp3) is 0.105. The maximum absolute atomic E-state index is 11.4. The maximum Gasteiger partial charge on any atom is 0.221 e. The number of thiazole rings is 1. The topological polar surface area (TPSA) is 64.1 Å². The van der Waals surface area contributed by atoms with Crippen LogP contribution in [-0.4, -0.2) is 15.9 Å². The number of benzene rings is 2. The lowest BCUT2D eigenvalue weighted by Gasteiger charge is -2.11. The number of rotatable bonds is 4. The van der Waals surface area contributed by atoms with Crippen molar-refractivity contribution in [2.75, 3.05) is 5.32 Å². The van der Waals surface area contributed by atoms with Crippen LogP contribution in [0.15, 0.2) is 54.7 Å². The van der Waals surface area contributed by atoms with Crippen LogP contribution in [0.3, 0.4) is 0 Å². The highest BCUT2D eigenvalue weighted by Gasteiger charge is 2.10. The van der Waals surface area contributed by atoms with Crippen molar-refractivity contribution in [3.63, 3.8) is 0 Å². The van der Waals surface area contributed by atoms with Gasteiger partial charge in [0.25, 0.3) is 0 Å². The molecule has 2 aromatic heterocycles. The molecule has 0 aliphatic rings. The number of hydrogen-bond acceptors (Lipinski definition) is 5. The molecule has 6 heteroatoms. The number of carbonyl (C=O) groups is 1. The van der Waals surface area contributed by atoms with Crippen molar-refractivity contribution in [1.82, 2.24) is 9.97 Å². The highest BCUT2D eigenvalue weighted by molar-refractivity contribution is 7.18. The van der Waals surface area contributed by atoms with Crippen molar-refractivity contribution < 1.29 is 9.53 Å². The molecule has 2 heterocycles. The molecule has 0 unspecified atom stereocenters. The second-order valence-electron chi connectivity index (χ2n) is 5.56. The second kappa shape index (κ2) is 6.49. The Morgan fingerprint density at radius 3 is 2.88 bits per heavy atom. The third-order valence-electron chi connectivity index (χ3n) is 3.73. The fourth-order valence-corrected chi connectivity index (χ4v) is 3.56. The Kier molecular flexibility index (Phi) is 4.03. The average Bonchev–Trinajstić information content (AvgIpc) is 3.03. The summed E-state index contributed by atoms with van der Waals surface area (Å²) in [5, 5.41) is 4.58. The van der Waals surface area contributed by atoms with Gasteiger partial charge in [-0.3, -0.25) is 9.78 Å². The molecule has 1 N–H and O–H groups in total. The lowest BCUT2D eigenvalue weighted by Crippen LogP contribution is -2.06. The zero-order valence-electron chi connectivity index (χ0n) is 13.5. The van der Waals surface area contributed by atoms with E-state index < -0.39 is 0 Å². The zero-order chi connectivity index (χ0) is 17.2. The number of carbonyl (C=O) groups excluding carboxylic acids is 1. The largest absolute Gasteiger partial charge is 0.484 e. The Labute approximate surface area is 148 Å². The minimum Gasteiger partial charge on any atom is -0.484 e. The van der Waals surface area contributed by atoms with Gasteiger partial charge in [-0.05, 0) is 36.4 Å². The lowest BCUT2D eigenvalue weighted by atomic mass is 10.1. The summed E-state index contributed by atoms with van der Waals surface area (Å²) in [6.07, 6.45) is 1.71. The highest BCUT2D eigenvalue weighted by Crippen LogP contribution is 2.31. The number of pyridine rings is 1. The van der Waals surface area contributed by atoms with E-state index in [2.05, 4.69) is 21.4 Å². The SMILES string of the molecule is CC(=O)Nc1ccc(OCc2nc3ccccc3s2)c2ncccc12. The summed E-state index contributed by atoms with van der Waals surface area (Å²) in [6.45, 7) is 1.87. The third kappa shape index (κ3) is 3.16. The van der Waals surface area contributed by atoms with Crippen LogP contribution >= 0.6 is 11.3 Å². The first-order valence-electron chi connectivity index (χ1n) is 7.83. The molecule has 0 fully saturated rings. The molecule has 4 aromatic rings. The highest BCUT2D eigenvalue weighted by atomic mass is 32.1. The molecule has 0 saturated carbocycles. The number of hydrogen-bond donors (Lipinski definition) is 1. The number of aromatic nitrogens is 2. The van der Waals surface area contributed by atoms with Crippen molar-refractivity contribution in [3.05, 3.63) is 59.7 Å². The Bertz CT molecular complexity index is 1040. The van der Waals surface area contributed by atoms with Gasteiger partial charge in [-0.1, -0.05) is 12.1 Å². The van der Waals surface area contributed by atoms with Crippen molar-refractivity contribution in [2.24, 2.45) is 0 Å². The van der Waals surface area contributed by atoms with Crippen molar-refractivity contribution in [3.8, 4) is 5.75 Å². The molecule has 0 radical (unpaired) electrons. The van der Waals surface area contributed by atoms with Gasteiger partial charge in [-0.2, -0.15) is 0 Å². The smallest absolute Gasteiger partial charge is 0.221 e. The van der Waals surface area contributed by atoms with E-state index in [1.165, 1.54) is 6.92 Å².